The van der Waals surface area contributed by atoms with Gasteiger partial charge in [0.1, 0.15) is 0 Å². The molecule has 0 radical (unpaired) electrons. The Morgan fingerprint density at radius 3 is 2.21 bits per heavy atom. The van der Waals surface area contributed by atoms with E-state index in [0.717, 1.165) is 17.7 Å². The van der Waals surface area contributed by atoms with E-state index in [2.05, 4.69) is 29.3 Å². The van der Waals surface area contributed by atoms with Crippen molar-refractivity contribution in [2.75, 3.05) is 38.0 Å². The van der Waals surface area contributed by atoms with Crippen LogP contribution in [0, 0.1) is 6.92 Å². The van der Waals surface area contributed by atoms with Crippen molar-refractivity contribution in [3.63, 3.8) is 0 Å². The molecule has 5 nitrogen and oxygen atoms in total. The summed E-state index contributed by atoms with van der Waals surface area (Å²) in [5, 5.41) is 2.93. The normalized spacial score (nSPS) is 14.6. The van der Waals surface area contributed by atoms with Crippen LogP contribution in [0.3, 0.4) is 0 Å². The number of piperazine rings is 1. The topological polar surface area (TPSA) is 52.7 Å². The summed E-state index contributed by atoms with van der Waals surface area (Å²) in [6, 6.07) is 15.8. The van der Waals surface area contributed by atoms with Gasteiger partial charge in [-0.15, -0.1) is 0 Å². The zero-order chi connectivity index (χ0) is 20.6. The van der Waals surface area contributed by atoms with Crippen molar-refractivity contribution < 1.29 is 9.59 Å². The molecule has 5 heteroatoms. The highest BCUT2D eigenvalue weighted by atomic mass is 16.2. The largest absolute Gasteiger partial charge is 0.336 e. The number of amides is 2. The molecule has 1 fully saturated rings. The first-order valence-corrected chi connectivity index (χ1v) is 10.5. The second-order valence-electron chi connectivity index (χ2n) is 7.78. The quantitative estimate of drug-likeness (QED) is 0.780. The summed E-state index contributed by atoms with van der Waals surface area (Å²) in [6.07, 6.45) is 3.41. The van der Waals surface area contributed by atoms with E-state index >= 15 is 0 Å². The average Bonchev–Trinajstić information content (AvgIpc) is 2.74. The fourth-order valence-electron chi connectivity index (χ4n) is 3.53. The number of nitrogens with zero attached hydrogens (tertiary/aromatic N) is 2. The number of hydrogen-bond donors (Lipinski definition) is 1. The third-order valence-corrected chi connectivity index (χ3v) is 5.38. The second kappa shape index (κ2) is 10.2. The second-order valence-corrected chi connectivity index (χ2v) is 7.78. The van der Waals surface area contributed by atoms with Crippen LogP contribution in [0.2, 0.25) is 0 Å². The minimum atomic E-state index is -0.0173. The molecule has 0 aromatic heterocycles. The highest BCUT2D eigenvalue weighted by Crippen LogP contribution is 2.13. The van der Waals surface area contributed by atoms with Gasteiger partial charge in [0.05, 0.1) is 6.54 Å². The van der Waals surface area contributed by atoms with Crippen LogP contribution in [0.1, 0.15) is 41.3 Å². The van der Waals surface area contributed by atoms with Crippen molar-refractivity contribution in [2.24, 2.45) is 0 Å². The summed E-state index contributed by atoms with van der Waals surface area (Å²) in [7, 11) is 0. The zero-order valence-electron chi connectivity index (χ0n) is 17.5. The van der Waals surface area contributed by atoms with Crippen LogP contribution in [-0.2, 0) is 11.2 Å². The van der Waals surface area contributed by atoms with Gasteiger partial charge in [-0.25, -0.2) is 0 Å². The van der Waals surface area contributed by atoms with E-state index in [1.54, 1.807) is 0 Å². The van der Waals surface area contributed by atoms with Gasteiger partial charge in [0, 0.05) is 37.4 Å². The van der Waals surface area contributed by atoms with Crippen LogP contribution in [0.25, 0.3) is 0 Å². The van der Waals surface area contributed by atoms with Gasteiger partial charge in [-0.05, 0) is 49.6 Å². The zero-order valence-corrected chi connectivity index (χ0v) is 17.5. The first-order chi connectivity index (χ1) is 14.0. The Kier molecular flexibility index (Phi) is 7.42. The molecule has 1 heterocycles. The molecule has 2 aromatic carbocycles. The van der Waals surface area contributed by atoms with Gasteiger partial charge in [-0.3, -0.25) is 14.5 Å². The van der Waals surface area contributed by atoms with Crippen molar-refractivity contribution in [1.29, 1.82) is 0 Å². The van der Waals surface area contributed by atoms with E-state index < -0.39 is 0 Å². The van der Waals surface area contributed by atoms with Gasteiger partial charge in [0.2, 0.25) is 5.91 Å². The van der Waals surface area contributed by atoms with E-state index in [4.69, 9.17) is 0 Å². The lowest BCUT2D eigenvalue weighted by Crippen LogP contribution is -2.50. The molecule has 0 saturated carbocycles. The molecule has 2 aromatic rings. The van der Waals surface area contributed by atoms with E-state index in [0.29, 0.717) is 32.7 Å². The molecule has 1 saturated heterocycles. The maximum absolute atomic E-state index is 12.8. The summed E-state index contributed by atoms with van der Waals surface area (Å²) < 4.78 is 0. The van der Waals surface area contributed by atoms with Gasteiger partial charge in [0.15, 0.2) is 0 Å². The maximum Gasteiger partial charge on any atom is 0.253 e. The number of aryl methyl sites for hydroxylation is 2. The molecule has 0 atom stereocenters. The lowest BCUT2D eigenvalue weighted by molar-refractivity contribution is -0.117. The van der Waals surface area contributed by atoms with E-state index in [1.807, 2.05) is 48.2 Å². The van der Waals surface area contributed by atoms with Gasteiger partial charge in [0.25, 0.3) is 5.91 Å². The lowest BCUT2D eigenvalue weighted by Gasteiger charge is -2.34. The number of nitrogens with one attached hydrogen (secondary N) is 1. The number of carbonyl (C=O) groups is 2. The SMILES string of the molecule is CCCCc1ccc(C(=O)N2CCN(CC(=O)Nc3ccc(C)cc3)CC2)cc1. The van der Waals surface area contributed by atoms with Gasteiger partial charge in [-0.2, -0.15) is 0 Å². The van der Waals surface area contributed by atoms with Crippen molar-refractivity contribution in [3.8, 4) is 0 Å². The fourth-order valence-corrected chi connectivity index (χ4v) is 3.53. The Labute approximate surface area is 173 Å². The van der Waals surface area contributed by atoms with Crippen molar-refractivity contribution >= 4 is 17.5 Å². The molecule has 3 rings (SSSR count). The summed E-state index contributed by atoms with van der Waals surface area (Å²) in [5.74, 6) is 0.0621. The molecule has 29 heavy (non-hydrogen) atoms. The summed E-state index contributed by atoms with van der Waals surface area (Å²) in [5.41, 5.74) is 4.01. The van der Waals surface area contributed by atoms with Crippen LogP contribution in [-0.4, -0.2) is 54.3 Å². The van der Waals surface area contributed by atoms with Crippen molar-refractivity contribution in [2.45, 2.75) is 33.1 Å². The molecular formula is C24H31N3O2. The molecule has 2 amide bonds. The van der Waals surface area contributed by atoms with Crippen LogP contribution < -0.4 is 5.32 Å². The van der Waals surface area contributed by atoms with Gasteiger partial charge >= 0.3 is 0 Å². The molecule has 154 valence electrons. The standard InChI is InChI=1S/C24H31N3O2/c1-3-4-5-20-8-10-21(11-9-20)24(29)27-16-14-26(15-17-27)18-23(28)25-22-12-6-19(2)7-13-22/h6-13H,3-5,14-18H2,1-2H3,(H,25,28). The first kappa shape index (κ1) is 21.1. The number of benzene rings is 2. The molecule has 0 spiro atoms. The number of rotatable bonds is 7. The van der Waals surface area contributed by atoms with E-state index in [-0.39, 0.29) is 11.8 Å². The minimum absolute atomic E-state index is 0.0173. The fraction of sp³-hybridized carbons (Fsp3) is 0.417. The number of carbonyl (C=O) groups excluding carboxylic acids is 2. The summed E-state index contributed by atoms with van der Waals surface area (Å²) >= 11 is 0. The maximum atomic E-state index is 12.8. The Hall–Kier alpha value is -2.66. The number of unbranched alkanes of at least 4 members (excludes halogenated alkanes) is 1. The number of hydrogen-bond acceptors (Lipinski definition) is 3. The summed E-state index contributed by atoms with van der Waals surface area (Å²) in [6.45, 7) is 7.27. The Bertz CT molecular complexity index is 807. The smallest absolute Gasteiger partial charge is 0.253 e. The molecule has 1 N–H and O–H groups in total. The highest BCUT2D eigenvalue weighted by Gasteiger charge is 2.23. The predicted octanol–water partition coefficient (Wildman–Crippen LogP) is 3.73. The first-order valence-electron chi connectivity index (χ1n) is 10.5. The molecule has 0 aliphatic carbocycles. The number of anilines is 1. The molecule has 0 unspecified atom stereocenters. The Morgan fingerprint density at radius 2 is 1.59 bits per heavy atom. The molecular weight excluding hydrogens is 362 g/mol. The molecule has 0 bridgehead atoms. The predicted molar refractivity (Wildman–Crippen MR) is 117 cm³/mol. The Morgan fingerprint density at radius 1 is 0.931 bits per heavy atom. The van der Waals surface area contributed by atoms with E-state index in [1.165, 1.54) is 24.0 Å². The van der Waals surface area contributed by atoms with Crippen LogP contribution in [0.4, 0.5) is 5.69 Å². The van der Waals surface area contributed by atoms with Crippen LogP contribution >= 0.6 is 0 Å². The Balaban J connectivity index is 1.45. The third-order valence-electron chi connectivity index (χ3n) is 5.38. The average molecular weight is 394 g/mol. The third kappa shape index (κ3) is 6.16. The van der Waals surface area contributed by atoms with Gasteiger partial charge in [-0.1, -0.05) is 43.2 Å². The van der Waals surface area contributed by atoms with Gasteiger partial charge < -0.3 is 10.2 Å². The highest BCUT2D eigenvalue weighted by molar-refractivity contribution is 5.94. The lowest BCUT2D eigenvalue weighted by atomic mass is 10.1. The van der Waals surface area contributed by atoms with Crippen LogP contribution in [0.15, 0.2) is 48.5 Å². The molecule has 1 aliphatic rings. The monoisotopic (exact) mass is 393 g/mol. The van der Waals surface area contributed by atoms with Crippen LogP contribution in [0.5, 0.6) is 0 Å². The summed E-state index contributed by atoms with van der Waals surface area (Å²) in [4.78, 5) is 29.0. The minimum Gasteiger partial charge on any atom is -0.336 e. The van der Waals surface area contributed by atoms with Crippen molar-refractivity contribution in [1.82, 2.24) is 9.80 Å². The van der Waals surface area contributed by atoms with Crippen molar-refractivity contribution in [3.05, 3.63) is 65.2 Å². The molecule has 1 aliphatic heterocycles. The van der Waals surface area contributed by atoms with E-state index in [9.17, 15) is 9.59 Å².